The van der Waals surface area contributed by atoms with Crippen LogP contribution in [0.5, 0.6) is 17.2 Å². The second-order valence-electron chi connectivity index (χ2n) is 8.36. The van der Waals surface area contributed by atoms with Crippen LogP contribution in [0.2, 0.25) is 0 Å². The summed E-state index contributed by atoms with van der Waals surface area (Å²) in [5.41, 5.74) is 2.35. The third kappa shape index (κ3) is 6.56. The van der Waals surface area contributed by atoms with Crippen molar-refractivity contribution < 1.29 is 27.4 Å². The maximum absolute atomic E-state index is 13.4. The maximum atomic E-state index is 13.4. The number of carbonyl (C=O) groups excluding carboxylic acids is 1. The minimum absolute atomic E-state index is 0.0243. The number of carbonyl (C=O) groups is 1. The molecule has 36 heavy (non-hydrogen) atoms. The molecule has 3 rings (SSSR count). The Bertz CT molecular complexity index is 1290. The molecule has 0 aromatic heterocycles. The fourth-order valence-corrected chi connectivity index (χ4v) is 5.25. The molecule has 9 heteroatoms. The summed E-state index contributed by atoms with van der Waals surface area (Å²) in [4.78, 5) is 13.4. The van der Waals surface area contributed by atoms with E-state index in [1.807, 2.05) is 43.3 Å². The Morgan fingerprint density at radius 3 is 2.14 bits per heavy atom. The second-order valence-corrected chi connectivity index (χ2v) is 10.0. The molecule has 0 saturated carbocycles. The van der Waals surface area contributed by atoms with Gasteiger partial charge in [-0.3, -0.25) is 4.79 Å². The van der Waals surface area contributed by atoms with Gasteiger partial charge in [-0.1, -0.05) is 42.5 Å². The van der Waals surface area contributed by atoms with Gasteiger partial charge in [0.2, 0.25) is 15.9 Å². The van der Waals surface area contributed by atoms with Crippen LogP contribution in [0.1, 0.15) is 29.7 Å². The van der Waals surface area contributed by atoms with Gasteiger partial charge in [0.25, 0.3) is 0 Å². The molecule has 2 N–H and O–H groups in total. The minimum Gasteiger partial charge on any atom is -0.495 e. The van der Waals surface area contributed by atoms with Crippen LogP contribution in [0.25, 0.3) is 0 Å². The van der Waals surface area contributed by atoms with Gasteiger partial charge >= 0.3 is 0 Å². The molecule has 0 aliphatic rings. The summed E-state index contributed by atoms with van der Waals surface area (Å²) < 4.78 is 45.3. The van der Waals surface area contributed by atoms with Crippen LogP contribution in [-0.4, -0.2) is 41.7 Å². The molecular formula is C27H32N2O6S. The number of ether oxygens (including phenoxy) is 3. The Balaban J connectivity index is 1.89. The summed E-state index contributed by atoms with van der Waals surface area (Å²) in [6.07, 6.45) is 0.165. The number of hydrogen-bond acceptors (Lipinski definition) is 6. The van der Waals surface area contributed by atoms with Crippen molar-refractivity contribution >= 4 is 15.9 Å². The molecule has 0 saturated heterocycles. The fraction of sp³-hybridized carbons (Fsp3) is 0.296. The summed E-state index contributed by atoms with van der Waals surface area (Å²) in [5, 5.41) is 2.93. The van der Waals surface area contributed by atoms with Gasteiger partial charge in [0.05, 0.1) is 27.4 Å². The van der Waals surface area contributed by atoms with Gasteiger partial charge < -0.3 is 19.5 Å². The summed E-state index contributed by atoms with van der Waals surface area (Å²) in [5.74, 6) is 0.841. The predicted molar refractivity (Wildman–Crippen MR) is 138 cm³/mol. The van der Waals surface area contributed by atoms with Crippen LogP contribution in [0, 0.1) is 6.92 Å². The standard InChI is InChI=1S/C27H32N2O6S/c1-18-11-13-24(34-4)26(15-18)36(31,32)29-22(16-20-9-7-6-8-10-20)27(30)28-19(2)21-12-14-23(33-3)25(17-21)35-5/h6-15,17,19,22,29H,16H2,1-5H3,(H,28,30)/t19-,22+/m1/s1. The lowest BCUT2D eigenvalue weighted by Gasteiger charge is -2.23. The van der Waals surface area contributed by atoms with Crippen LogP contribution in [0.3, 0.4) is 0 Å². The van der Waals surface area contributed by atoms with Crippen molar-refractivity contribution in [3.05, 3.63) is 83.4 Å². The largest absolute Gasteiger partial charge is 0.495 e. The normalized spacial score (nSPS) is 12.9. The number of aryl methyl sites for hydroxylation is 1. The van der Waals surface area contributed by atoms with Crippen LogP contribution >= 0.6 is 0 Å². The van der Waals surface area contributed by atoms with Gasteiger partial charge in [-0.2, -0.15) is 4.72 Å². The summed E-state index contributed by atoms with van der Waals surface area (Å²) in [6.45, 7) is 3.61. The monoisotopic (exact) mass is 512 g/mol. The van der Waals surface area contributed by atoms with Crippen molar-refractivity contribution in [3.63, 3.8) is 0 Å². The average Bonchev–Trinajstić information content (AvgIpc) is 2.88. The van der Waals surface area contributed by atoms with Crippen molar-refractivity contribution in [3.8, 4) is 17.2 Å². The van der Waals surface area contributed by atoms with Gasteiger partial charge in [-0.15, -0.1) is 0 Å². The molecule has 0 fully saturated rings. The number of benzene rings is 3. The highest BCUT2D eigenvalue weighted by atomic mass is 32.2. The summed E-state index contributed by atoms with van der Waals surface area (Å²) in [7, 11) is 0.408. The van der Waals surface area contributed by atoms with E-state index in [0.29, 0.717) is 11.5 Å². The van der Waals surface area contributed by atoms with Crippen molar-refractivity contribution in [1.29, 1.82) is 0 Å². The third-order valence-electron chi connectivity index (χ3n) is 5.77. The predicted octanol–water partition coefficient (Wildman–Crippen LogP) is 3.79. The Kier molecular flexibility index (Phi) is 8.95. The molecule has 3 aromatic rings. The van der Waals surface area contributed by atoms with Gasteiger partial charge in [-0.25, -0.2) is 8.42 Å². The quantitative estimate of drug-likeness (QED) is 0.405. The van der Waals surface area contributed by atoms with Gasteiger partial charge in [0.15, 0.2) is 11.5 Å². The Hall–Kier alpha value is -3.56. The van der Waals surface area contributed by atoms with Crippen LogP contribution < -0.4 is 24.2 Å². The van der Waals surface area contributed by atoms with Crippen molar-refractivity contribution in [1.82, 2.24) is 10.0 Å². The smallest absolute Gasteiger partial charge is 0.244 e. The third-order valence-corrected chi connectivity index (χ3v) is 7.26. The van der Waals surface area contributed by atoms with Crippen LogP contribution in [0.15, 0.2) is 71.6 Å². The molecule has 2 atom stereocenters. The Labute approximate surface area is 212 Å². The molecule has 8 nitrogen and oxygen atoms in total. The van der Waals surface area contributed by atoms with E-state index in [1.54, 1.807) is 38.3 Å². The van der Waals surface area contributed by atoms with E-state index in [4.69, 9.17) is 14.2 Å². The lowest BCUT2D eigenvalue weighted by molar-refractivity contribution is -0.123. The van der Waals surface area contributed by atoms with Crippen LogP contribution in [-0.2, 0) is 21.2 Å². The second kappa shape index (κ2) is 11.9. The molecule has 0 unspecified atom stereocenters. The Morgan fingerprint density at radius 1 is 0.861 bits per heavy atom. The molecule has 0 spiro atoms. The zero-order chi connectivity index (χ0) is 26.3. The van der Waals surface area contributed by atoms with E-state index < -0.39 is 28.0 Å². The molecule has 0 heterocycles. The molecule has 1 amide bonds. The molecule has 3 aromatic carbocycles. The van der Waals surface area contributed by atoms with E-state index in [1.165, 1.54) is 20.3 Å². The summed E-state index contributed by atoms with van der Waals surface area (Å²) >= 11 is 0. The van der Waals surface area contributed by atoms with Crippen molar-refractivity contribution in [2.45, 2.75) is 37.2 Å². The lowest BCUT2D eigenvalue weighted by Crippen LogP contribution is -2.48. The van der Waals surface area contributed by atoms with Gasteiger partial charge in [0, 0.05) is 0 Å². The fourth-order valence-electron chi connectivity index (χ4n) is 3.80. The highest BCUT2D eigenvalue weighted by molar-refractivity contribution is 7.89. The van der Waals surface area contributed by atoms with Gasteiger partial charge in [0.1, 0.15) is 16.7 Å². The maximum Gasteiger partial charge on any atom is 0.244 e. The van der Waals surface area contributed by atoms with Crippen LogP contribution in [0.4, 0.5) is 0 Å². The molecule has 0 aliphatic carbocycles. The molecule has 192 valence electrons. The van der Waals surface area contributed by atoms with E-state index in [9.17, 15) is 13.2 Å². The van der Waals surface area contributed by atoms with Crippen molar-refractivity contribution in [2.75, 3.05) is 21.3 Å². The lowest BCUT2D eigenvalue weighted by atomic mass is 10.0. The first-order chi connectivity index (χ1) is 17.2. The molecular weight excluding hydrogens is 480 g/mol. The van der Waals surface area contributed by atoms with E-state index in [0.717, 1.165) is 16.7 Å². The first-order valence-corrected chi connectivity index (χ1v) is 12.9. The number of methoxy groups -OCH3 is 3. The Morgan fingerprint density at radius 2 is 1.50 bits per heavy atom. The average molecular weight is 513 g/mol. The molecule has 0 bridgehead atoms. The first-order valence-electron chi connectivity index (χ1n) is 11.4. The SMILES string of the molecule is COc1ccc([C@@H](C)NC(=O)[C@H](Cc2ccccc2)NS(=O)(=O)c2cc(C)ccc2OC)cc1OC. The van der Waals surface area contributed by atoms with Gasteiger partial charge in [-0.05, 0) is 61.2 Å². The molecule has 0 radical (unpaired) electrons. The minimum atomic E-state index is -4.08. The summed E-state index contributed by atoms with van der Waals surface area (Å²) in [6, 6.07) is 18.0. The zero-order valence-corrected chi connectivity index (χ0v) is 21.9. The number of sulfonamides is 1. The van der Waals surface area contributed by atoms with E-state index in [2.05, 4.69) is 10.0 Å². The zero-order valence-electron chi connectivity index (χ0n) is 21.1. The highest BCUT2D eigenvalue weighted by Crippen LogP contribution is 2.30. The number of hydrogen-bond donors (Lipinski definition) is 2. The number of rotatable bonds is 11. The topological polar surface area (TPSA) is 103 Å². The first kappa shape index (κ1) is 27.0. The molecule has 0 aliphatic heterocycles. The highest BCUT2D eigenvalue weighted by Gasteiger charge is 2.29. The number of amides is 1. The van der Waals surface area contributed by atoms with E-state index in [-0.39, 0.29) is 17.1 Å². The van der Waals surface area contributed by atoms with Crippen molar-refractivity contribution in [2.24, 2.45) is 0 Å². The number of nitrogens with one attached hydrogen (secondary N) is 2. The van der Waals surface area contributed by atoms with E-state index >= 15 is 0 Å².